The molecule has 1 aromatic carbocycles. The molecule has 1 aliphatic carbocycles. The Bertz CT molecular complexity index is 669. The van der Waals surface area contributed by atoms with E-state index in [1.165, 1.54) is 24.0 Å². The first kappa shape index (κ1) is 17.5. The SMILES string of the molecule is O=C(NCCN1CCc2ccccc2C1)[C@H]1CC(=O)N(C2CCCC2)C1. The Balaban J connectivity index is 1.22. The van der Waals surface area contributed by atoms with Crippen LogP contribution < -0.4 is 5.32 Å². The van der Waals surface area contributed by atoms with Crippen molar-refractivity contribution in [2.45, 2.75) is 51.1 Å². The van der Waals surface area contributed by atoms with E-state index in [4.69, 9.17) is 0 Å². The quantitative estimate of drug-likeness (QED) is 0.878. The predicted molar refractivity (Wildman–Crippen MR) is 101 cm³/mol. The molecular formula is C21H29N3O2. The summed E-state index contributed by atoms with van der Waals surface area (Å²) in [6, 6.07) is 8.99. The monoisotopic (exact) mass is 355 g/mol. The molecule has 2 amide bonds. The number of rotatable bonds is 5. The van der Waals surface area contributed by atoms with Crippen molar-refractivity contribution in [2.24, 2.45) is 5.92 Å². The van der Waals surface area contributed by atoms with Gasteiger partial charge in [-0.15, -0.1) is 0 Å². The van der Waals surface area contributed by atoms with Crippen LogP contribution in [0.15, 0.2) is 24.3 Å². The highest BCUT2D eigenvalue weighted by Crippen LogP contribution is 2.29. The third kappa shape index (κ3) is 3.78. The molecule has 1 saturated carbocycles. The maximum atomic E-state index is 12.5. The van der Waals surface area contributed by atoms with E-state index in [1.807, 2.05) is 4.90 Å². The van der Waals surface area contributed by atoms with Crippen LogP contribution in [0, 0.1) is 5.92 Å². The first-order valence-electron chi connectivity index (χ1n) is 10.1. The molecule has 140 valence electrons. The molecule has 5 heteroatoms. The summed E-state index contributed by atoms with van der Waals surface area (Å²) < 4.78 is 0. The molecule has 1 atom stereocenters. The van der Waals surface area contributed by atoms with Crippen LogP contribution >= 0.6 is 0 Å². The molecule has 2 fully saturated rings. The Labute approximate surface area is 155 Å². The van der Waals surface area contributed by atoms with E-state index in [2.05, 4.69) is 34.5 Å². The smallest absolute Gasteiger partial charge is 0.225 e. The Morgan fingerprint density at radius 1 is 1.15 bits per heavy atom. The van der Waals surface area contributed by atoms with Gasteiger partial charge in [-0.25, -0.2) is 0 Å². The molecular weight excluding hydrogens is 326 g/mol. The largest absolute Gasteiger partial charge is 0.355 e. The average molecular weight is 355 g/mol. The van der Waals surface area contributed by atoms with E-state index in [0.717, 1.165) is 38.9 Å². The van der Waals surface area contributed by atoms with E-state index in [9.17, 15) is 9.59 Å². The van der Waals surface area contributed by atoms with Gasteiger partial charge in [0.25, 0.3) is 0 Å². The second-order valence-corrected chi connectivity index (χ2v) is 7.97. The zero-order valence-corrected chi connectivity index (χ0v) is 15.5. The molecule has 1 saturated heterocycles. The minimum absolute atomic E-state index is 0.0521. The van der Waals surface area contributed by atoms with Gasteiger partial charge in [0.05, 0.1) is 5.92 Å². The van der Waals surface area contributed by atoms with Gasteiger partial charge < -0.3 is 10.2 Å². The summed E-state index contributed by atoms with van der Waals surface area (Å²) in [5.74, 6) is 0.0612. The van der Waals surface area contributed by atoms with Crippen molar-refractivity contribution in [3.05, 3.63) is 35.4 Å². The standard InChI is InChI=1S/C21H29N3O2/c25-20-13-18(15-24(20)19-7-3-4-8-19)21(26)22-10-12-23-11-9-16-5-1-2-6-17(16)14-23/h1-2,5-6,18-19H,3-4,7-15H2,(H,22,26)/t18-/m0/s1. The predicted octanol–water partition coefficient (Wildman–Crippen LogP) is 1.95. The minimum Gasteiger partial charge on any atom is -0.355 e. The molecule has 2 heterocycles. The van der Waals surface area contributed by atoms with Crippen molar-refractivity contribution in [1.29, 1.82) is 0 Å². The molecule has 3 aliphatic rings. The highest BCUT2D eigenvalue weighted by Gasteiger charge is 2.38. The molecule has 5 nitrogen and oxygen atoms in total. The molecule has 26 heavy (non-hydrogen) atoms. The van der Waals surface area contributed by atoms with Gasteiger partial charge in [-0.05, 0) is 30.4 Å². The van der Waals surface area contributed by atoms with Crippen molar-refractivity contribution in [1.82, 2.24) is 15.1 Å². The van der Waals surface area contributed by atoms with Crippen LogP contribution in [-0.4, -0.2) is 53.8 Å². The van der Waals surface area contributed by atoms with Gasteiger partial charge in [-0.1, -0.05) is 37.1 Å². The molecule has 1 N–H and O–H groups in total. The molecule has 2 aliphatic heterocycles. The van der Waals surface area contributed by atoms with Gasteiger partial charge >= 0.3 is 0 Å². The number of amides is 2. The lowest BCUT2D eigenvalue weighted by Gasteiger charge is -2.28. The van der Waals surface area contributed by atoms with Crippen molar-refractivity contribution in [2.75, 3.05) is 26.2 Å². The summed E-state index contributed by atoms with van der Waals surface area (Å²) in [6.07, 6.45) is 6.11. The van der Waals surface area contributed by atoms with Gasteiger partial charge in [0, 0.05) is 45.2 Å². The summed E-state index contributed by atoms with van der Waals surface area (Å²) in [7, 11) is 0. The van der Waals surface area contributed by atoms with Crippen molar-refractivity contribution < 1.29 is 9.59 Å². The minimum atomic E-state index is -0.162. The fraction of sp³-hybridized carbons (Fsp3) is 0.619. The molecule has 0 radical (unpaired) electrons. The summed E-state index contributed by atoms with van der Waals surface area (Å²) >= 11 is 0. The number of hydrogen-bond donors (Lipinski definition) is 1. The molecule has 0 unspecified atom stereocenters. The summed E-state index contributed by atoms with van der Waals surface area (Å²) in [4.78, 5) is 29.1. The summed E-state index contributed by atoms with van der Waals surface area (Å²) in [5.41, 5.74) is 2.85. The molecule has 0 spiro atoms. The van der Waals surface area contributed by atoms with E-state index >= 15 is 0 Å². The van der Waals surface area contributed by atoms with Crippen LogP contribution in [0.2, 0.25) is 0 Å². The van der Waals surface area contributed by atoms with Crippen LogP contribution in [0.5, 0.6) is 0 Å². The third-order valence-corrected chi connectivity index (χ3v) is 6.23. The van der Waals surface area contributed by atoms with Crippen LogP contribution in [0.4, 0.5) is 0 Å². The number of hydrogen-bond acceptors (Lipinski definition) is 3. The van der Waals surface area contributed by atoms with Gasteiger partial charge in [0.2, 0.25) is 11.8 Å². The van der Waals surface area contributed by atoms with Gasteiger partial charge in [-0.3, -0.25) is 14.5 Å². The van der Waals surface area contributed by atoms with E-state index in [-0.39, 0.29) is 17.7 Å². The van der Waals surface area contributed by atoms with Crippen LogP contribution in [-0.2, 0) is 22.6 Å². The second kappa shape index (κ2) is 7.78. The van der Waals surface area contributed by atoms with Crippen molar-refractivity contribution in [3.8, 4) is 0 Å². The molecule has 1 aromatic rings. The first-order chi connectivity index (χ1) is 12.7. The Hall–Kier alpha value is -1.88. The lowest BCUT2D eigenvalue weighted by Crippen LogP contribution is -2.40. The fourth-order valence-corrected chi connectivity index (χ4v) is 4.70. The van der Waals surface area contributed by atoms with Crippen molar-refractivity contribution in [3.63, 3.8) is 0 Å². The maximum absolute atomic E-state index is 12.5. The molecule has 0 bridgehead atoms. The fourth-order valence-electron chi connectivity index (χ4n) is 4.70. The normalized spacial score (nSPS) is 24.1. The van der Waals surface area contributed by atoms with E-state index < -0.39 is 0 Å². The number of fused-ring (bicyclic) bond motifs is 1. The summed E-state index contributed by atoms with van der Waals surface area (Å²) in [5, 5.41) is 3.07. The van der Waals surface area contributed by atoms with Crippen LogP contribution in [0.25, 0.3) is 0 Å². The topological polar surface area (TPSA) is 52.7 Å². The van der Waals surface area contributed by atoms with Gasteiger partial charge in [0.1, 0.15) is 0 Å². The van der Waals surface area contributed by atoms with Crippen molar-refractivity contribution >= 4 is 11.8 Å². The number of carbonyl (C=O) groups excluding carboxylic acids is 2. The highest BCUT2D eigenvalue weighted by molar-refractivity contribution is 5.89. The number of carbonyl (C=O) groups is 2. The number of nitrogens with one attached hydrogen (secondary N) is 1. The third-order valence-electron chi connectivity index (χ3n) is 6.23. The van der Waals surface area contributed by atoms with Crippen LogP contribution in [0.3, 0.4) is 0 Å². The van der Waals surface area contributed by atoms with Gasteiger partial charge in [-0.2, -0.15) is 0 Å². The lowest BCUT2D eigenvalue weighted by atomic mass is 10.00. The maximum Gasteiger partial charge on any atom is 0.225 e. The Morgan fingerprint density at radius 3 is 2.73 bits per heavy atom. The number of likely N-dealkylation sites (tertiary alicyclic amines) is 1. The van der Waals surface area contributed by atoms with E-state index in [0.29, 0.717) is 25.6 Å². The summed E-state index contributed by atoms with van der Waals surface area (Å²) in [6.45, 7) is 4.16. The van der Waals surface area contributed by atoms with E-state index in [1.54, 1.807) is 0 Å². The highest BCUT2D eigenvalue weighted by atomic mass is 16.2. The zero-order chi connectivity index (χ0) is 17.9. The first-order valence-corrected chi connectivity index (χ1v) is 10.1. The lowest BCUT2D eigenvalue weighted by molar-refractivity contribution is -0.130. The number of nitrogens with zero attached hydrogens (tertiary/aromatic N) is 2. The zero-order valence-electron chi connectivity index (χ0n) is 15.5. The Kier molecular flexibility index (Phi) is 5.25. The average Bonchev–Trinajstić information content (AvgIpc) is 3.31. The molecule has 4 rings (SSSR count). The Morgan fingerprint density at radius 2 is 1.92 bits per heavy atom. The van der Waals surface area contributed by atoms with Gasteiger partial charge in [0.15, 0.2) is 0 Å². The second-order valence-electron chi connectivity index (χ2n) is 7.97. The molecule has 0 aromatic heterocycles. The van der Waals surface area contributed by atoms with Crippen LogP contribution in [0.1, 0.15) is 43.2 Å². The number of benzene rings is 1.